The third kappa shape index (κ3) is 1.67. The summed E-state index contributed by atoms with van der Waals surface area (Å²) in [7, 11) is 0. The van der Waals surface area contributed by atoms with E-state index in [1.807, 2.05) is 19.1 Å². The van der Waals surface area contributed by atoms with Crippen LogP contribution in [-0.2, 0) is 14.9 Å². The number of esters is 1. The van der Waals surface area contributed by atoms with E-state index in [9.17, 15) is 4.79 Å². The highest BCUT2D eigenvalue weighted by molar-refractivity contribution is 5.86. The lowest BCUT2D eigenvalue weighted by Crippen LogP contribution is -2.23. The van der Waals surface area contributed by atoms with Crippen LogP contribution in [0.5, 0.6) is 0 Å². The average Bonchev–Trinajstić information content (AvgIpc) is 3.11. The maximum absolute atomic E-state index is 11.8. The van der Waals surface area contributed by atoms with Crippen molar-refractivity contribution in [2.45, 2.75) is 25.2 Å². The zero-order valence-electron chi connectivity index (χ0n) is 9.19. The monoisotopic (exact) mass is 215 g/mol. The van der Waals surface area contributed by atoms with E-state index in [0.29, 0.717) is 12.2 Å². The quantitative estimate of drug-likeness (QED) is 0.726. The van der Waals surface area contributed by atoms with Crippen LogP contribution in [0.25, 0.3) is 0 Å². The molecular formula is C13H13NO2. The fraction of sp³-hybridized carbons (Fsp3) is 0.385. The molecule has 0 saturated heterocycles. The van der Waals surface area contributed by atoms with E-state index in [1.54, 1.807) is 12.1 Å². The maximum Gasteiger partial charge on any atom is 0.316 e. The van der Waals surface area contributed by atoms with Crippen molar-refractivity contribution >= 4 is 5.97 Å². The van der Waals surface area contributed by atoms with Crippen molar-refractivity contribution in [3.63, 3.8) is 0 Å². The minimum absolute atomic E-state index is 0.139. The van der Waals surface area contributed by atoms with Crippen molar-refractivity contribution in [1.82, 2.24) is 0 Å². The zero-order valence-corrected chi connectivity index (χ0v) is 9.19. The Labute approximate surface area is 94.6 Å². The number of ether oxygens (including phenoxy) is 1. The first-order valence-electron chi connectivity index (χ1n) is 5.41. The first kappa shape index (κ1) is 10.7. The number of carbonyl (C=O) groups excluding carboxylic acids is 1. The SMILES string of the molecule is CCOC(=O)C1(c2ccc(C#N)cc2)CC1. The lowest BCUT2D eigenvalue weighted by Gasteiger charge is -2.13. The molecule has 1 saturated carbocycles. The molecular weight excluding hydrogens is 202 g/mol. The second kappa shape index (κ2) is 3.97. The van der Waals surface area contributed by atoms with Gasteiger partial charge in [-0.25, -0.2) is 0 Å². The van der Waals surface area contributed by atoms with Gasteiger partial charge in [0, 0.05) is 0 Å². The van der Waals surface area contributed by atoms with Gasteiger partial charge in [-0.2, -0.15) is 5.26 Å². The standard InChI is InChI=1S/C13H13NO2/c1-2-16-12(15)13(7-8-13)11-5-3-10(9-14)4-6-11/h3-6H,2,7-8H2,1H3. The fourth-order valence-corrected chi connectivity index (χ4v) is 1.87. The molecule has 2 rings (SSSR count). The Balaban J connectivity index is 2.24. The van der Waals surface area contributed by atoms with Gasteiger partial charge in [-0.1, -0.05) is 12.1 Å². The van der Waals surface area contributed by atoms with E-state index >= 15 is 0 Å². The Morgan fingerprint density at radius 1 is 1.44 bits per heavy atom. The topological polar surface area (TPSA) is 50.1 Å². The Hall–Kier alpha value is -1.82. The molecule has 0 amide bonds. The highest BCUT2D eigenvalue weighted by Crippen LogP contribution is 2.49. The van der Waals surface area contributed by atoms with E-state index in [-0.39, 0.29) is 5.97 Å². The van der Waals surface area contributed by atoms with Crippen LogP contribution < -0.4 is 0 Å². The van der Waals surface area contributed by atoms with Gasteiger partial charge in [-0.05, 0) is 37.5 Å². The molecule has 0 heterocycles. The van der Waals surface area contributed by atoms with Crippen LogP contribution in [0.15, 0.2) is 24.3 Å². The van der Waals surface area contributed by atoms with Crippen LogP contribution in [0.2, 0.25) is 0 Å². The molecule has 0 radical (unpaired) electrons. The lowest BCUT2D eigenvalue weighted by molar-refractivity contribution is -0.146. The summed E-state index contributed by atoms with van der Waals surface area (Å²) in [6.45, 7) is 2.23. The molecule has 0 unspecified atom stereocenters. The molecule has 1 aliphatic rings. The van der Waals surface area contributed by atoms with E-state index in [4.69, 9.17) is 10.00 Å². The van der Waals surface area contributed by atoms with Gasteiger partial charge in [-0.3, -0.25) is 4.79 Å². The number of rotatable bonds is 3. The smallest absolute Gasteiger partial charge is 0.316 e. The minimum Gasteiger partial charge on any atom is -0.465 e. The summed E-state index contributed by atoms with van der Waals surface area (Å²) in [4.78, 5) is 11.8. The molecule has 0 bridgehead atoms. The molecule has 1 aromatic rings. The van der Waals surface area contributed by atoms with Crippen LogP contribution in [0, 0.1) is 11.3 Å². The average molecular weight is 215 g/mol. The molecule has 3 heteroatoms. The molecule has 0 atom stereocenters. The molecule has 82 valence electrons. The summed E-state index contributed by atoms with van der Waals surface area (Å²) in [6, 6.07) is 9.25. The first-order chi connectivity index (χ1) is 7.73. The van der Waals surface area contributed by atoms with Crippen molar-refractivity contribution in [3.8, 4) is 6.07 Å². The van der Waals surface area contributed by atoms with Crippen molar-refractivity contribution < 1.29 is 9.53 Å². The van der Waals surface area contributed by atoms with Crippen molar-refractivity contribution in [3.05, 3.63) is 35.4 Å². The van der Waals surface area contributed by atoms with Gasteiger partial charge < -0.3 is 4.74 Å². The van der Waals surface area contributed by atoms with Gasteiger partial charge in [0.1, 0.15) is 0 Å². The van der Waals surface area contributed by atoms with E-state index in [1.165, 1.54) is 0 Å². The third-order valence-corrected chi connectivity index (χ3v) is 2.98. The minimum atomic E-state index is -0.427. The molecule has 0 N–H and O–H groups in total. The fourth-order valence-electron chi connectivity index (χ4n) is 1.87. The van der Waals surface area contributed by atoms with Gasteiger partial charge in [0.15, 0.2) is 0 Å². The molecule has 1 fully saturated rings. The predicted molar refractivity (Wildman–Crippen MR) is 58.7 cm³/mol. The Bertz CT molecular complexity index is 438. The largest absolute Gasteiger partial charge is 0.465 e. The van der Waals surface area contributed by atoms with Gasteiger partial charge in [0.05, 0.1) is 23.7 Å². The number of benzene rings is 1. The van der Waals surface area contributed by atoms with Crippen molar-refractivity contribution in [2.75, 3.05) is 6.61 Å². The van der Waals surface area contributed by atoms with Gasteiger partial charge in [-0.15, -0.1) is 0 Å². The molecule has 0 aliphatic heterocycles. The summed E-state index contributed by atoms with van der Waals surface area (Å²) in [5.74, 6) is -0.139. The molecule has 1 aromatic carbocycles. The van der Waals surface area contributed by atoms with E-state index in [0.717, 1.165) is 18.4 Å². The first-order valence-corrected chi connectivity index (χ1v) is 5.41. The summed E-state index contributed by atoms with van der Waals surface area (Å²) in [5, 5.41) is 8.70. The Kier molecular flexibility index (Phi) is 2.66. The van der Waals surface area contributed by atoms with Crippen molar-refractivity contribution in [2.24, 2.45) is 0 Å². The lowest BCUT2D eigenvalue weighted by atomic mass is 9.95. The predicted octanol–water partition coefficient (Wildman–Crippen LogP) is 2.15. The summed E-state index contributed by atoms with van der Waals surface area (Å²) < 4.78 is 5.08. The summed E-state index contributed by atoms with van der Waals surface area (Å²) >= 11 is 0. The zero-order chi connectivity index (χ0) is 11.6. The summed E-state index contributed by atoms with van der Waals surface area (Å²) in [5.41, 5.74) is 1.15. The van der Waals surface area contributed by atoms with Gasteiger partial charge in [0.2, 0.25) is 0 Å². The number of nitriles is 1. The highest BCUT2D eigenvalue weighted by Gasteiger charge is 2.52. The van der Waals surface area contributed by atoms with Gasteiger partial charge in [0.25, 0.3) is 0 Å². The normalized spacial score (nSPS) is 16.2. The van der Waals surface area contributed by atoms with E-state index in [2.05, 4.69) is 6.07 Å². The maximum atomic E-state index is 11.8. The van der Waals surface area contributed by atoms with Crippen molar-refractivity contribution in [1.29, 1.82) is 5.26 Å². The van der Waals surface area contributed by atoms with E-state index < -0.39 is 5.41 Å². The second-order valence-electron chi connectivity index (χ2n) is 3.99. The number of hydrogen-bond acceptors (Lipinski definition) is 3. The number of hydrogen-bond donors (Lipinski definition) is 0. The van der Waals surface area contributed by atoms with Crippen LogP contribution in [0.4, 0.5) is 0 Å². The molecule has 3 nitrogen and oxygen atoms in total. The Morgan fingerprint density at radius 2 is 2.06 bits per heavy atom. The van der Waals surface area contributed by atoms with Crippen LogP contribution >= 0.6 is 0 Å². The molecule has 0 spiro atoms. The van der Waals surface area contributed by atoms with Gasteiger partial charge >= 0.3 is 5.97 Å². The molecule has 16 heavy (non-hydrogen) atoms. The highest BCUT2D eigenvalue weighted by atomic mass is 16.5. The molecule has 0 aromatic heterocycles. The third-order valence-electron chi connectivity index (χ3n) is 2.98. The van der Waals surface area contributed by atoms with Crippen LogP contribution in [-0.4, -0.2) is 12.6 Å². The van der Waals surface area contributed by atoms with Crippen LogP contribution in [0.1, 0.15) is 30.9 Å². The second-order valence-corrected chi connectivity index (χ2v) is 3.99. The summed E-state index contributed by atoms with van der Waals surface area (Å²) in [6.07, 6.45) is 1.69. The Morgan fingerprint density at radius 3 is 2.50 bits per heavy atom. The molecule has 1 aliphatic carbocycles. The number of carbonyl (C=O) groups is 1. The van der Waals surface area contributed by atoms with Crippen LogP contribution in [0.3, 0.4) is 0 Å². The number of nitrogens with zero attached hydrogens (tertiary/aromatic N) is 1.